The molecule has 3 rings (SSSR count). The molecule has 0 atom stereocenters. The standard InChI is InChI=1S/C25H37ClN2O2S/c1-2-3-4-5-6-7-8-9-10-11-14-28-22-19-21(26)12-13-23(22)31-25(28)20-24(29)27-15-17-30-18-16-27/h12-13,19-20H,2-11,14-18H2,1H3/b25-20-. The van der Waals surface area contributed by atoms with E-state index in [2.05, 4.69) is 17.9 Å². The fourth-order valence-electron chi connectivity index (χ4n) is 4.15. The van der Waals surface area contributed by atoms with Crippen molar-refractivity contribution in [2.45, 2.75) is 76.0 Å². The maximum atomic E-state index is 12.8. The van der Waals surface area contributed by atoms with Crippen LogP contribution in [0.25, 0.3) is 0 Å². The number of anilines is 1. The molecule has 0 saturated carbocycles. The number of benzene rings is 1. The lowest BCUT2D eigenvalue weighted by Crippen LogP contribution is -2.40. The van der Waals surface area contributed by atoms with Gasteiger partial charge in [-0.05, 0) is 24.6 Å². The third kappa shape index (κ3) is 7.73. The van der Waals surface area contributed by atoms with Gasteiger partial charge in [0.15, 0.2) is 0 Å². The van der Waals surface area contributed by atoms with Gasteiger partial charge in [0, 0.05) is 35.6 Å². The molecule has 1 fully saturated rings. The number of hydrogen-bond donors (Lipinski definition) is 0. The van der Waals surface area contributed by atoms with Crippen LogP contribution in [-0.2, 0) is 9.53 Å². The van der Waals surface area contributed by atoms with Crippen molar-refractivity contribution in [1.29, 1.82) is 0 Å². The number of nitrogens with zero attached hydrogens (tertiary/aromatic N) is 2. The van der Waals surface area contributed by atoms with E-state index in [0.717, 1.165) is 28.7 Å². The zero-order valence-electron chi connectivity index (χ0n) is 18.9. The molecule has 1 amide bonds. The summed E-state index contributed by atoms with van der Waals surface area (Å²) in [5.74, 6) is 0.0813. The number of amides is 1. The molecule has 0 aromatic heterocycles. The van der Waals surface area contributed by atoms with Gasteiger partial charge in [0.25, 0.3) is 0 Å². The molecule has 0 aliphatic carbocycles. The summed E-state index contributed by atoms with van der Waals surface area (Å²) in [6.45, 7) is 5.79. The van der Waals surface area contributed by atoms with Crippen LogP contribution in [0.5, 0.6) is 0 Å². The van der Waals surface area contributed by atoms with Gasteiger partial charge in [-0.2, -0.15) is 0 Å². The molecule has 0 radical (unpaired) electrons. The van der Waals surface area contributed by atoms with Gasteiger partial charge in [-0.3, -0.25) is 4.79 Å². The number of ether oxygens (including phenoxy) is 1. The summed E-state index contributed by atoms with van der Waals surface area (Å²) in [5.41, 5.74) is 1.13. The highest BCUT2D eigenvalue weighted by Crippen LogP contribution is 2.47. The molecule has 0 spiro atoms. The molecule has 4 nitrogen and oxygen atoms in total. The van der Waals surface area contributed by atoms with E-state index in [4.69, 9.17) is 16.3 Å². The van der Waals surface area contributed by atoms with Crippen LogP contribution in [0.15, 0.2) is 34.2 Å². The van der Waals surface area contributed by atoms with Gasteiger partial charge in [-0.1, -0.05) is 88.1 Å². The Morgan fingerprint density at radius 3 is 2.35 bits per heavy atom. The summed E-state index contributed by atoms with van der Waals surface area (Å²) in [6, 6.07) is 6.02. The second-order valence-electron chi connectivity index (χ2n) is 8.47. The lowest BCUT2D eigenvalue weighted by molar-refractivity contribution is -0.130. The van der Waals surface area contributed by atoms with E-state index in [-0.39, 0.29) is 5.91 Å². The Kier molecular flexibility index (Phi) is 10.6. The third-order valence-corrected chi connectivity index (χ3v) is 7.34. The van der Waals surface area contributed by atoms with E-state index in [0.29, 0.717) is 26.3 Å². The van der Waals surface area contributed by atoms with Gasteiger partial charge < -0.3 is 14.5 Å². The number of morpholine rings is 1. The monoisotopic (exact) mass is 464 g/mol. The first kappa shape index (κ1) is 24.5. The van der Waals surface area contributed by atoms with Gasteiger partial charge in [-0.15, -0.1) is 0 Å². The van der Waals surface area contributed by atoms with Crippen LogP contribution >= 0.6 is 23.4 Å². The Bertz CT molecular complexity index is 734. The van der Waals surface area contributed by atoms with E-state index >= 15 is 0 Å². The largest absolute Gasteiger partial charge is 0.378 e. The van der Waals surface area contributed by atoms with Crippen LogP contribution in [-0.4, -0.2) is 43.7 Å². The molecule has 2 heterocycles. The van der Waals surface area contributed by atoms with Crippen molar-refractivity contribution in [1.82, 2.24) is 4.90 Å². The smallest absolute Gasteiger partial charge is 0.249 e. The second-order valence-corrected chi connectivity index (χ2v) is 9.97. The minimum absolute atomic E-state index is 0.0813. The van der Waals surface area contributed by atoms with Crippen LogP contribution < -0.4 is 4.90 Å². The van der Waals surface area contributed by atoms with Crippen LogP contribution in [0.1, 0.15) is 71.1 Å². The third-order valence-electron chi connectivity index (χ3n) is 6.00. The number of thioether (sulfide) groups is 1. The average Bonchev–Trinajstić information content (AvgIpc) is 3.11. The number of rotatable bonds is 12. The molecule has 1 aromatic carbocycles. The number of unbranched alkanes of at least 4 members (excludes halogenated alkanes) is 9. The molecule has 1 saturated heterocycles. The van der Waals surface area contributed by atoms with Crippen LogP contribution in [0.4, 0.5) is 5.69 Å². The highest BCUT2D eigenvalue weighted by molar-refractivity contribution is 8.03. The summed E-state index contributed by atoms with van der Waals surface area (Å²) in [6.07, 6.45) is 15.0. The maximum absolute atomic E-state index is 12.8. The number of hydrogen-bond acceptors (Lipinski definition) is 4. The minimum Gasteiger partial charge on any atom is -0.378 e. The first-order valence-electron chi connectivity index (χ1n) is 12.0. The lowest BCUT2D eigenvalue weighted by atomic mass is 10.1. The first-order valence-corrected chi connectivity index (χ1v) is 13.2. The van der Waals surface area contributed by atoms with Crippen molar-refractivity contribution in [3.8, 4) is 0 Å². The molecule has 31 heavy (non-hydrogen) atoms. The van der Waals surface area contributed by atoms with Crippen molar-refractivity contribution in [3.05, 3.63) is 34.3 Å². The highest BCUT2D eigenvalue weighted by Gasteiger charge is 2.27. The number of halogens is 1. The number of carbonyl (C=O) groups is 1. The zero-order chi connectivity index (χ0) is 21.9. The molecule has 0 bridgehead atoms. The van der Waals surface area contributed by atoms with Crippen LogP contribution in [0, 0.1) is 0 Å². The Morgan fingerprint density at radius 1 is 1.03 bits per heavy atom. The van der Waals surface area contributed by atoms with Gasteiger partial charge in [0.2, 0.25) is 5.91 Å². The van der Waals surface area contributed by atoms with E-state index in [9.17, 15) is 4.79 Å². The summed E-state index contributed by atoms with van der Waals surface area (Å²) in [7, 11) is 0. The van der Waals surface area contributed by atoms with E-state index in [1.54, 1.807) is 17.8 Å². The number of fused-ring (bicyclic) bond motifs is 1. The molecular weight excluding hydrogens is 428 g/mol. The van der Waals surface area contributed by atoms with Crippen molar-refractivity contribution in [2.75, 3.05) is 37.7 Å². The van der Waals surface area contributed by atoms with Crippen molar-refractivity contribution in [2.24, 2.45) is 0 Å². The predicted octanol–water partition coefficient (Wildman–Crippen LogP) is 6.87. The molecule has 1 aromatic rings. The summed E-state index contributed by atoms with van der Waals surface area (Å²) in [5, 5.41) is 1.76. The summed E-state index contributed by atoms with van der Waals surface area (Å²) in [4.78, 5) is 18.1. The molecule has 0 unspecified atom stereocenters. The molecule has 2 aliphatic heterocycles. The summed E-state index contributed by atoms with van der Waals surface area (Å²) < 4.78 is 5.38. The van der Waals surface area contributed by atoms with E-state index < -0.39 is 0 Å². The molecule has 0 N–H and O–H groups in total. The average molecular weight is 465 g/mol. The van der Waals surface area contributed by atoms with Gasteiger partial charge in [0.05, 0.1) is 23.9 Å². The Balaban J connectivity index is 1.50. The van der Waals surface area contributed by atoms with E-state index in [1.165, 1.54) is 62.7 Å². The first-order chi connectivity index (χ1) is 15.2. The van der Waals surface area contributed by atoms with Gasteiger partial charge >= 0.3 is 0 Å². The van der Waals surface area contributed by atoms with E-state index in [1.807, 2.05) is 17.0 Å². The Morgan fingerprint density at radius 2 is 1.68 bits per heavy atom. The molecule has 2 aliphatic rings. The normalized spacial score (nSPS) is 17.4. The van der Waals surface area contributed by atoms with Crippen molar-refractivity contribution < 1.29 is 9.53 Å². The fourth-order valence-corrected chi connectivity index (χ4v) is 5.41. The number of carbonyl (C=O) groups excluding carboxylic acids is 1. The molecule has 6 heteroatoms. The van der Waals surface area contributed by atoms with Crippen molar-refractivity contribution >= 4 is 35.0 Å². The quantitative estimate of drug-likeness (QED) is 0.249. The minimum atomic E-state index is 0.0813. The van der Waals surface area contributed by atoms with Gasteiger partial charge in [-0.25, -0.2) is 0 Å². The maximum Gasteiger partial charge on any atom is 0.249 e. The van der Waals surface area contributed by atoms with Crippen molar-refractivity contribution in [3.63, 3.8) is 0 Å². The predicted molar refractivity (Wildman–Crippen MR) is 132 cm³/mol. The van der Waals surface area contributed by atoms with Crippen LogP contribution in [0.2, 0.25) is 5.02 Å². The molecule has 172 valence electrons. The SMILES string of the molecule is CCCCCCCCCCCCN1/C(=C/C(=O)N2CCOCC2)Sc2ccc(Cl)cc21. The topological polar surface area (TPSA) is 32.8 Å². The highest BCUT2D eigenvalue weighted by atomic mass is 35.5. The lowest BCUT2D eigenvalue weighted by Gasteiger charge is -2.26. The zero-order valence-corrected chi connectivity index (χ0v) is 20.5. The Hall–Kier alpha value is -1.17. The molecular formula is C25H37ClN2O2S. The fraction of sp³-hybridized carbons (Fsp3) is 0.640. The van der Waals surface area contributed by atoms with Gasteiger partial charge in [0.1, 0.15) is 0 Å². The Labute approximate surface area is 197 Å². The second kappa shape index (κ2) is 13.4. The summed E-state index contributed by atoms with van der Waals surface area (Å²) >= 11 is 7.96. The van der Waals surface area contributed by atoms with Crippen LogP contribution in [0.3, 0.4) is 0 Å².